The van der Waals surface area contributed by atoms with Crippen molar-refractivity contribution in [1.29, 1.82) is 0 Å². The fourth-order valence-electron chi connectivity index (χ4n) is 1.44. The summed E-state index contributed by atoms with van der Waals surface area (Å²) in [6.45, 7) is 4.53. The van der Waals surface area contributed by atoms with Crippen LogP contribution in [0, 0.1) is 5.92 Å². The molecule has 0 spiro atoms. The van der Waals surface area contributed by atoms with Crippen molar-refractivity contribution in [2.75, 3.05) is 0 Å². The van der Waals surface area contributed by atoms with E-state index in [4.69, 9.17) is 0 Å². The maximum atomic E-state index is 2.43. The Morgan fingerprint density at radius 1 is 1.30 bits per heavy atom. The lowest BCUT2D eigenvalue weighted by Gasteiger charge is -1.95. The van der Waals surface area contributed by atoms with Crippen LogP contribution in [0.15, 0.2) is 11.6 Å². The number of allylic oxidation sites excluding steroid dienone is 2. The SMILES string of the molecule is CCCCCC1=CC1CC. The van der Waals surface area contributed by atoms with Crippen LogP contribution in [0.4, 0.5) is 0 Å². The summed E-state index contributed by atoms with van der Waals surface area (Å²) >= 11 is 0. The Morgan fingerprint density at radius 3 is 2.60 bits per heavy atom. The Hall–Kier alpha value is -0.260. The molecule has 1 aliphatic carbocycles. The third-order valence-corrected chi connectivity index (χ3v) is 2.29. The molecule has 1 rings (SSSR count). The second kappa shape index (κ2) is 3.80. The number of unbranched alkanes of at least 4 members (excludes halogenated alkanes) is 2. The molecule has 0 nitrogen and oxygen atoms in total. The van der Waals surface area contributed by atoms with Crippen molar-refractivity contribution >= 4 is 0 Å². The van der Waals surface area contributed by atoms with Gasteiger partial charge < -0.3 is 0 Å². The average molecular weight is 138 g/mol. The van der Waals surface area contributed by atoms with Crippen molar-refractivity contribution in [3.63, 3.8) is 0 Å². The van der Waals surface area contributed by atoms with Gasteiger partial charge in [-0.3, -0.25) is 0 Å². The van der Waals surface area contributed by atoms with Crippen LogP contribution >= 0.6 is 0 Å². The molecule has 0 aromatic rings. The zero-order valence-corrected chi connectivity index (χ0v) is 7.19. The lowest BCUT2D eigenvalue weighted by molar-refractivity contribution is 0.695. The highest BCUT2D eigenvalue weighted by Gasteiger charge is 2.20. The Bertz CT molecular complexity index is 122. The molecule has 0 heteroatoms. The summed E-state index contributed by atoms with van der Waals surface area (Å²) < 4.78 is 0. The minimum Gasteiger partial charge on any atom is -0.0776 e. The average Bonchev–Trinajstić information content (AvgIpc) is 2.68. The topological polar surface area (TPSA) is 0 Å². The highest BCUT2D eigenvalue weighted by atomic mass is 14.3. The van der Waals surface area contributed by atoms with Crippen molar-refractivity contribution in [3.05, 3.63) is 11.6 Å². The van der Waals surface area contributed by atoms with Crippen molar-refractivity contribution < 1.29 is 0 Å². The first-order chi connectivity index (χ1) is 4.88. The molecule has 1 atom stereocenters. The molecule has 0 N–H and O–H groups in total. The second-order valence-corrected chi connectivity index (χ2v) is 3.21. The smallest absolute Gasteiger partial charge is 0.00228 e. The molecule has 0 saturated carbocycles. The van der Waals surface area contributed by atoms with E-state index < -0.39 is 0 Å². The van der Waals surface area contributed by atoms with E-state index in [0.717, 1.165) is 5.92 Å². The summed E-state index contributed by atoms with van der Waals surface area (Å²) in [5.41, 5.74) is 1.73. The molecule has 0 radical (unpaired) electrons. The Labute approximate surface area is 64.3 Å². The molecule has 0 aromatic carbocycles. The van der Waals surface area contributed by atoms with Crippen LogP contribution in [0.1, 0.15) is 46.0 Å². The maximum absolute atomic E-state index is 2.43. The molecular formula is C10H18. The third-order valence-electron chi connectivity index (χ3n) is 2.29. The molecule has 58 valence electrons. The summed E-state index contributed by atoms with van der Waals surface area (Å²) in [7, 11) is 0. The van der Waals surface area contributed by atoms with Crippen LogP contribution < -0.4 is 0 Å². The van der Waals surface area contributed by atoms with E-state index in [1.165, 1.54) is 32.1 Å². The molecule has 10 heavy (non-hydrogen) atoms. The minimum atomic E-state index is 0.914. The van der Waals surface area contributed by atoms with E-state index in [9.17, 15) is 0 Å². The van der Waals surface area contributed by atoms with Gasteiger partial charge in [0.15, 0.2) is 0 Å². The molecule has 0 bridgehead atoms. The van der Waals surface area contributed by atoms with Crippen molar-refractivity contribution in [2.24, 2.45) is 5.92 Å². The van der Waals surface area contributed by atoms with Gasteiger partial charge in [0.05, 0.1) is 0 Å². The molecule has 0 heterocycles. The molecule has 0 aromatic heterocycles. The summed E-state index contributed by atoms with van der Waals surface area (Å²) in [5.74, 6) is 0.914. The number of hydrogen-bond donors (Lipinski definition) is 0. The Kier molecular flexibility index (Phi) is 2.98. The summed E-state index contributed by atoms with van der Waals surface area (Å²) in [5, 5.41) is 0. The normalized spacial score (nSPS) is 22.6. The zero-order valence-electron chi connectivity index (χ0n) is 7.19. The van der Waals surface area contributed by atoms with Crippen LogP contribution in [0.2, 0.25) is 0 Å². The minimum absolute atomic E-state index is 0.914. The largest absolute Gasteiger partial charge is 0.0776 e. The van der Waals surface area contributed by atoms with Gasteiger partial charge in [0.2, 0.25) is 0 Å². The van der Waals surface area contributed by atoms with Crippen LogP contribution in [0.25, 0.3) is 0 Å². The monoisotopic (exact) mass is 138 g/mol. The number of hydrogen-bond acceptors (Lipinski definition) is 0. The molecule has 0 fully saturated rings. The van der Waals surface area contributed by atoms with Crippen LogP contribution in [-0.2, 0) is 0 Å². The van der Waals surface area contributed by atoms with Gasteiger partial charge in [-0.2, -0.15) is 0 Å². The summed E-state index contributed by atoms with van der Waals surface area (Å²) in [6.07, 6.45) is 9.32. The van der Waals surface area contributed by atoms with E-state index in [-0.39, 0.29) is 0 Å². The Morgan fingerprint density at radius 2 is 2.10 bits per heavy atom. The molecular weight excluding hydrogens is 120 g/mol. The molecule has 0 amide bonds. The lowest BCUT2D eigenvalue weighted by atomic mass is 10.1. The number of rotatable bonds is 5. The predicted octanol–water partition coefficient (Wildman–Crippen LogP) is 3.53. The highest BCUT2D eigenvalue weighted by Crippen LogP contribution is 2.35. The van der Waals surface area contributed by atoms with E-state index in [2.05, 4.69) is 19.9 Å². The van der Waals surface area contributed by atoms with Crippen LogP contribution in [-0.4, -0.2) is 0 Å². The highest BCUT2D eigenvalue weighted by molar-refractivity contribution is 5.28. The maximum Gasteiger partial charge on any atom is -0.00228 e. The van der Waals surface area contributed by atoms with Gasteiger partial charge in [0.25, 0.3) is 0 Å². The Balaban J connectivity index is 1.91. The van der Waals surface area contributed by atoms with Crippen LogP contribution in [0.3, 0.4) is 0 Å². The lowest BCUT2D eigenvalue weighted by Crippen LogP contribution is -1.79. The van der Waals surface area contributed by atoms with Gasteiger partial charge >= 0.3 is 0 Å². The second-order valence-electron chi connectivity index (χ2n) is 3.21. The van der Waals surface area contributed by atoms with E-state index in [0.29, 0.717) is 0 Å². The first-order valence-electron chi connectivity index (χ1n) is 4.59. The van der Waals surface area contributed by atoms with E-state index >= 15 is 0 Å². The van der Waals surface area contributed by atoms with Gasteiger partial charge in [0, 0.05) is 0 Å². The van der Waals surface area contributed by atoms with Gasteiger partial charge in [-0.25, -0.2) is 0 Å². The first-order valence-corrected chi connectivity index (χ1v) is 4.59. The fraction of sp³-hybridized carbons (Fsp3) is 0.800. The van der Waals surface area contributed by atoms with Crippen molar-refractivity contribution in [2.45, 2.75) is 46.0 Å². The first kappa shape index (κ1) is 7.84. The zero-order chi connectivity index (χ0) is 7.40. The fourth-order valence-corrected chi connectivity index (χ4v) is 1.44. The quantitative estimate of drug-likeness (QED) is 0.402. The van der Waals surface area contributed by atoms with E-state index in [1.54, 1.807) is 5.57 Å². The predicted molar refractivity (Wildman–Crippen MR) is 46.0 cm³/mol. The van der Waals surface area contributed by atoms with Gasteiger partial charge in [-0.1, -0.05) is 38.3 Å². The van der Waals surface area contributed by atoms with Gasteiger partial charge in [-0.05, 0) is 25.2 Å². The van der Waals surface area contributed by atoms with Gasteiger partial charge in [0.1, 0.15) is 0 Å². The molecule has 1 unspecified atom stereocenters. The third kappa shape index (κ3) is 2.17. The molecule has 1 aliphatic rings. The van der Waals surface area contributed by atoms with E-state index in [1.807, 2.05) is 0 Å². The van der Waals surface area contributed by atoms with Crippen LogP contribution in [0.5, 0.6) is 0 Å². The standard InChI is InChI=1S/C10H18/c1-3-5-6-7-10-8-9(10)4-2/h8-9H,3-7H2,1-2H3. The molecule has 0 aliphatic heterocycles. The van der Waals surface area contributed by atoms with Crippen molar-refractivity contribution in [1.82, 2.24) is 0 Å². The molecule has 0 saturated heterocycles. The summed E-state index contributed by atoms with van der Waals surface area (Å²) in [4.78, 5) is 0. The summed E-state index contributed by atoms with van der Waals surface area (Å²) in [6, 6.07) is 0. The van der Waals surface area contributed by atoms with Crippen molar-refractivity contribution in [3.8, 4) is 0 Å². The van der Waals surface area contributed by atoms with Gasteiger partial charge in [-0.15, -0.1) is 0 Å².